The fraction of sp³-hybridized carbons (Fsp3) is 0.200. The first kappa shape index (κ1) is 7.09. The lowest BCUT2D eigenvalue weighted by atomic mass is 10.6. The van der Waals surface area contributed by atoms with Gasteiger partial charge in [0.1, 0.15) is 6.54 Å². The van der Waals surface area contributed by atoms with Gasteiger partial charge in [0.05, 0.1) is 10.5 Å². The van der Waals surface area contributed by atoms with Crippen molar-refractivity contribution in [1.29, 1.82) is 5.26 Å². The zero-order chi connectivity index (χ0) is 7.56. The van der Waals surface area contributed by atoms with Crippen LogP contribution in [-0.2, 0) is 6.54 Å². The normalized spacial score (nSPS) is 9.20. The Labute approximate surface area is 66.4 Å². The molecule has 0 amide bonds. The van der Waals surface area contributed by atoms with Crippen LogP contribution in [0.3, 0.4) is 0 Å². The van der Waals surface area contributed by atoms with Gasteiger partial charge >= 0.3 is 0 Å². The van der Waals surface area contributed by atoms with Crippen LogP contribution in [0.4, 0.5) is 5.82 Å². The molecule has 0 aliphatic carbocycles. The van der Waals surface area contributed by atoms with E-state index in [0.29, 0.717) is 5.82 Å². The fourth-order valence-corrected chi connectivity index (χ4v) is 0.881. The molecule has 4 nitrogen and oxygen atoms in total. The van der Waals surface area contributed by atoms with Gasteiger partial charge in [-0.2, -0.15) is 10.4 Å². The molecule has 0 aliphatic heterocycles. The van der Waals surface area contributed by atoms with Gasteiger partial charge in [0.25, 0.3) is 0 Å². The van der Waals surface area contributed by atoms with Gasteiger partial charge < -0.3 is 5.73 Å². The highest BCUT2D eigenvalue weighted by Crippen LogP contribution is 2.15. The Kier molecular flexibility index (Phi) is 1.92. The summed E-state index contributed by atoms with van der Waals surface area (Å²) in [5, 5.41) is 12.1. The summed E-state index contributed by atoms with van der Waals surface area (Å²) in [7, 11) is 0. The van der Waals surface area contributed by atoms with Crippen LogP contribution in [0.25, 0.3) is 0 Å². The smallest absolute Gasteiger partial charge is 0.159 e. The second kappa shape index (κ2) is 2.71. The molecule has 0 saturated heterocycles. The number of halogens is 1. The summed E-state index contributed by atoms with van der Waals surface area (Å²) < 4.78 is 2.20. The van der Waals surface area contributed by atoms with Crippen LogP contribution in [0.5, 0.6) is 0 Å². The first-order chi connectivity index (χ1) is 4.74. The zero-order valence-electron chi connectivity index (χ0n) is 5.08. The maximum absolute atomic E-state index is 8.25. The van der Waals surface area contributed by atoms with Crippen molar-refractivity contribution in [3.05, 3.63) is 10.7 Å². The fourth-order valence-electron chi connectivity index (χ4n) is 0.565. The van der Waals surface area contributed by atoms with E-state index in [2.05, 4.69) is 21.0 Å². The summed E-state index contributed by atoms with van der Waals surface area (Å²) in [6.07, 6.45) is 1.67. The third-order valence-corrected chi connectivity index (χ3v) is 1.59. The van der Waals surface area contributed by atoms with Gasteiger partial charge in [0.15, 0.2) is 5.82 Å². The Bertz CT molecular complexity index is 252. The molecule has 0 bridgehead atoms. The van der Waals surface area contributed by atoms with Crippen molar-refractivity contribution in [1.82, 2.24) is 9.78 Å². The Morgan fingerprint density at radius 2 is 2.60 bits per heavy atom. The first-order valence-corrected chi connectivity index (χ1v) is 3.38. The van der Waals surface area contributed by atoms with E-state index in [0.717, 1.165) is 4.47 Å². The van der Waals surface area contributed by atoms with Crippen LogP contribution in [0, 0.1) is 11.3 Å². The van der Waals surface area contributed by atoms with Gasteiger partial charge in [-0.05, 0) is 15.9 Å². The van der Waals surface area contributed by atoms with Gasteiger partial charge in [0.2, 0.25) is 0 Å². The summed E-state index contributed by atoms with van der Waals surface area (Å²) in [6, 6.07) is 1.95. The third-order valence-electron chi connectivity index (χ3n) is 0.976. The van der Waals surface area contributed by atoms with E-state index in [9.17, 15) is 0 Å². The molecule has 0 radical (unpaired) electrons. The molecule has 1 heterocycles. The summed E-state index contributed by atoms with van der Waals surface area (Å²) >= 11 is 3.17. The van der Waals surface area contributed by atoms with E-state index in [-0.39, 0.29) is 6.54 Å². The average Bonchev–Trinajstić information content (AvgIpc) is 2.14. The summed E-state index contributed by atoms with van der Waals surface area (Å²) in [5.74, 6) is 0.412. The van der Waals surface area contributed by atoms with Gasteiger partial charge in [-0.1, -0.05) is 0 Å². The van der Waals surface area contributed by atoms with E-state index < -0.39 is 0 Å². The largest absolute Gasteiger partial charge is 0.381 e. The van der Waals surface area contributed by atoms with E-state index in [1.807, 2.05) is 6.07 Å². The first-order valence-electron chi connectivity index (χ1n) is 2.59. The minimum Gasteiger partial charge on any atom is -0.381 e. The quantitative estimate of drug-likeness (QED) is 0.728. The highest BCUT2D eigenvalue weighted by Gasteiger charge is 1.99. The van der Waals surface area contributed by atoms with Crippen LogP contribution in [0.1, 0.15) is 0 Å². The molecule has 0 aromatic carbocycles. The van der Waals surface area contributed by atoms with Gasteiger partial charge in [-0.3, -0.25) is 4.68 Å². The van der Waals surface area contributed by atoms with Crippen LogP contribution < -0.4 is 5.73 Å². The molecule has 0 aliphatic rings. The highest BCUT2D eigenvalue weighted by molar-refractivity contribution is 9.10. The maximum atomic E-state index is 8.25. The number of anilines is 1. The molecule has 2 N–H and O–H groups in total. The molecule has 52 valence electrons. The number of nitrogen functional groups attached to an aromatic ring is 1. The van der Waals surface area contributed by atoms with Gasteiger partial charge in [-0.25, -0.2) is 0 Å². The summed E-state index contributed by atoms with van der Waals surface area (Å²) in [5.41, 5.74) is 5.38. The Morgan fingerprint density at radius 3 is 3.00 bits per heavy atom. The molecule has 1 aromatic heterocycles. The van der Waals surface area contributed by atoms with Crippen molar-refractivity contribution in [3.63, 3.8) is 0 Å². The molecule has 1 rings (SSSR count). The zero-order valence-corrected chi connectivity index (χ0v) is 6.67. The van der Waals surface area contributed by atoms with Crippen LogP contribution in [0.2, 0.25) is 0 Å². The van der Waals surface area contributed by atoms with E-state index in [1.165, 1.54) is 4.68 Å². The topological polar surface area (TPSA) is 67.6 Å². The Balaban J connectivity index is 2.90. The number of aromatic nitrogens is 2. The highest BCUT2D eigenvalue weighted by atomic mass is 79.9. The van der Waals surface area contributed by atoms with E-state index >= 15 is 0 Å². The lowest BCUT2D eigenvalue weighted by Gasteiger charge is -1.86. The number of hydrogen-bond acceptors (Lipinski definition) is 3. The predicted octanol–water partition coefficient (Wildman–Crippen LogP) is 0.751. The maximum Gasteiger partial charge on any atom is 0.159 e. The monoisotopic (exact) mass is 200 g/mol. The molecule has 0 saturated carbocycles. The number of hydrogen-bond donors (Lipinski definition) is 1. The molecular weight excluding hydrogens is 196 g/mol. The average molecular weight is 201 g/mol. The van der Waals surface area contributed by atoms with Crippen molar-refractivity contribution in [2.75, 3.05) is 5.73 Å². The van der Waals surface area contributed by atoms with Gasteiger partial charge in [0, 0.05) is 6.20 Å². The molecule has 0 fully saturated rings. The van der Waals surface area contributed by atoms with Crippen molar-refractivity contribution >= 4 is 21.7 Å². The lowest BCUT2D eigenvalue weighted by molar-refractivity contribution is 0.713. The SMILES string of the molecule is N#CCn1cc(Br)c(N)n1. The number of rotatable bonds is 1. The van der Waals surface area contributed by atoms with E-state index in [1.54, 1.807) is 6.20 Å². The molecule has 0 spiro atoms. The Hall–Kier alpha value is -1.02. The molecule has 10 heavy (non-hydrogen) atoms. The Morgan fingerprint density at radius 1 is 1.90 bits per heavy atom. The van der Waals surface area contributed by atoms with Crippen molar-refractivity contribution in [2.24, 2.45) is 0 Å². The lowest BCUT2D eigenvalue weighted by Crippen LogP contribution is -1.96. The molecule has 0 unspecified atom stereocenters. The minimum absolute atomic E-state index is 0.232. The third kappa shape index (κ3) is 1.28. The van der Waals surface area contributed by atoms with E-state index in [4.69, 9.17) is 11.0 Å². The number of nitriles is 1. The molecule has 1 aromatic rings. The minimum atomic E-state index is 0.232. The second-order valence-corrected chi connectivity index (χ2v) is 2.57. The summed E-state index contributed by atoms with van der Waals surface area (Å²) in [6.45, 7) is 0.232. The second-order valence-electron chi connectivity index (χ2n) is 1.72. The van der Waals surface area contributed by atoms with Crippen molar-refractivity contribution in [2.45, 2.75) is 6.54 Å². The van der Waals surface area contributed by atoms with Gasteiger partial charge in [-0.15, -0.1) is 0 Å². The van der Waals surface area contributed by atoms with Crippen LogP contribution in [0.15, 0.2) is 10.7 Å². The molecular formula is C5H5BrN4. The van der Waals surface area contributed by atoms with Crippen LogP contribution in [-0.4, -0.2) is 9.78 Å². The molecule has 0 atom stereocenters. The number of nitrogens with two attached hydrogens (primary N) is 1. The van der Waals surface area contributed by atoms with Crippen LogP contribution >= 0.6 is 15.9 Å². The predicted molar refractivity (Wildman–Crippen MR) is 40.0 cm³/mol. The summed E-state index contributed by atoms with van der Waals surface area (Å²) in [4.78, 5) is 0. The number of nitrogens with zero attached hydrogens (tertiary/aromatic N) is 3. The van der Waals surface area contributed by atoms with Crippen molar-refractivity contribution < 1.29 is 0 Å². The molecule has 5 heteroatoms. The van der Waals surface area contributed by atoms with Crippen molar-refractivity contribution in [3.8, 4) is 6.07 Å². The standard InChI is InChI=1S/C5H5BrN4/c6-4-3-10(2-1-7)9-5(4)8/h3H,2H2,(H2,8,9).